The van der Waals surface area contributed by atoms with Crippen LogP contribution in [0.4, 0.5) is 5.69 Å². The van der Waals surface area contributed by atoms with E-state index in [1.54, 1.807) is 23.1 Å². The van der Waals surface area contributed by atoms with Crippen molar-refractivity contribution in [3.05, 3.63) is 48.3 Å². The van der Waals surface area contributed by atoms with E-state index >= 15 is 0 Å². The van der Waals surface area contributed by atoms with E-state index in [0.29, 0.717) is 6.54 Å². The molecule has 0 spiro atoms. The second kappa shape index (κ2) is 7.66. The summed E-state index contributed by atoms with van der Waals surface area (Å²) in [4.78, 5) is 18.9. The highest BCUT2D eigenvalue weighted by molar-refractivity contribution is 5.90. The number of rotatable bonds is 5. The molecule has 2 aromatic rings. The number of benzene rings is 1. The zero-order valence-corrected chi connectivity index (χ0v) is 17.4. The van der Waals surface area contributed by atoms with Gasteiger partial charge in [0.25, 0.3) is 0 Å². The highest BCUT2D eigenvalue weighted by atomic mass is 16.2. The highest BCUT2D eigenvalue weighted by Crippen LogP contribution is 2.46. The highest BCUT2D eigenvalue weighted by Gasteiger charge is 2.53. The summed E-state index contributed by atoms with van der Waals surface area (Å²) in [6.07, 6.45) is 3.43. The zero-order valence-electron chi connectivity index (χ0n) is 17.4. The van der Waals surface area contributed by atoms with Gasteiger partial charge in [0.15, 0.2) is 5.96 Å². The van der Waals surface area contributed by atoms with Gasteiger partial charge in [0.05, 0.1) is 0 Å². The van der Waals surface area contributed by atoms with Gasteiger partial charge >= 0.3 is 0 Å². The second-order valence-electron chi connectivity index (χ2n) is 8.38. The number of likely N-dealkylation sites (tertiary alicyclic amines) is 1. The Labute approximate surface area is 166 Å². The molecule has 1 aromatic carbocycles. The van der Waals surface area contributed by atoms with E-state index in [1.807, 2.05) is 31.3 Å². The fourth-order valence-corrected chi connectivity index (χ4v) is 3.38. The third-order valence-electron chi connectivity index (χ3n) is 5.88. The van der Waals surface area contributed by atoms with Gasteiger partial charge in [-0.2, -0.15) is 5.10 Å². The predicted octanol–water partition coefficient (Wildman–Crippen LogP) is 2.72. The smallest absolute Gasteiger partial charge is 0.246 e. The lowest BCUT2D eigenvalue weighted by molar-refractivity contribution is -0.116. The molecule has 28 heavy (non-hydrogen) atoms. The lowest BCUT2D eigenvalue weighted by Crippen LogP contribution is -2.72. The molecule has 1 aromatic heterocycles. The number of nitrogens with one attached hydrogen (secondary N) is 2. The Hall–Kier alpha value is -2.83. The van der Waals surface area contributed by atoms with Gasteiger partial charge in [0, 0.05) is 49.2 Å². The Balaban J connectivity index is 1.58. The van der Waals surface area contributed by atoms with Crippen LogP contribution >= 0.6 is 0 Å². The third kappa shape index (κ3) is 4.03. The number of hydrogen-bond donors (Lipinski definition) is 2. The summed E-state index contributed by atoms with van der Waals surface area (Å²) in [5, 5.41) is 10.4. The number of aromatic nitrogens is 2. The van der Waals surface area contributed by atoms with E-state index in [2.05, 4.69) is 53.3 Å². The Kier molecular flexibility index (Phi) is 5.45. The van der Waals surface area contributed by atoms with Gasteiger partial charge in [-0.1, -0.05) is 26.0 Å². The van der Waals surface area contributed by atoms with Crippen molar-refractivity contribution in [3.63, 3.8) is 0 Å². The lowest BCUT2D eigenvalue weighted by Gasteiger charge is -2.62. The van der Waals surface area contributed by atoms with Crippen LogP contribution in [0.3, 0.4) is 0 Å². The Morgan fingerprint density at radius 1 is 1.25 bits per heavy atom. The molecule has 1 fully saturated rings. The molecular formula is C21H30N6O. The van der Waals surface area contributed by atoms with Crippen LogP contribution in [-0.4, -0.2) is 45.7 Å². The average Bonchev–Trinajstić information content (AvgIpc) is 3.14. The van der Waals surface area contributed by atoms with E-state index < -0.39 is 0 Å². The van der Waals surface area contributed by atoms with Crippen LogP contribution in [0.5, 0.6) is 0 Å². The number of carbonyl (C=O) groups excluding carboxylic acids is 1. The van der Waals surface area contributed by atoms with Crippen LogP contribution in [0.25, 0.3) is 0 Å². The maximum atomic E-state index is 12.2. The minimum absolute atomic E-state index is 0.0527. The topological polar surface area (TPSA) is 74.5 Å². The fraction of sp³-hybridized carbons (Fsp3) is 0.476. The number of anilines is 1. The molecule has 1 aliphatic heterocycles. The van der Waals surface area contributed by atoms with Crippen LogP contribution in [0.15, 0.2) is 47.7 Å². The van der Waals surface area contributed by atoms with E-state index in [4.69, 9.17) is 0 Å². The minimum Gasteiger partial charge on any atom is -0.352 e. The van der Waals surface area contributed by atoms with Crippen molar-refractivity contribution in [1.29, 1.82) is 0 Å². The van der Waals surface area contributed by atoms with Gasteiger partial charge in [-0.25, -0.2) is 0 Å². The molecule has 3 rings (SSSR count). The van der Waals surface area contributed by atoms with Crippen LogP contribution in [0.1, 0.15) is 33.3 Å². The molecule has 2 heterocycles. The summed E-state index contributed by atoms with van der Waals surface area (Å²) in [6.45, 7) is 10.9. The molecular weight excluding hydrogens is 352 g/mol. The second-order valence-corrected chi connectivity index (χ2v) is 8.38. The summed E-state index contributed by atoms with van der Waals surface area (Å²) in [6, 6.07) is 9.65. The van der Waals surface area contributed by atoms with Crippen molar-refractivity contribution in [3.8, 4) is 0 Å². The van der Waals surface area contributed by atoms with Crippen molar-refractivity contribution < 1.29 is 4.79 Å². The van der Waals surface area contributed by atoms with Crippen LogP contribution < -0.4 is 10.6 Å². The van der Waals surface area contributed by atoms with Gasteiger partial charge < -0.3 is 15.5 Å². The molecule has 0 unspecified atom stereocenters. The number of guanidine groups is 1. The number of hydrogen-bond acceptors (Lipinski definition) is 3. The monoisotopic (exact) mass is 382 g/mol. The molecule has 0 saturated carbocycles. The largest absolute Gasteiger partial charge is 0.352 e. The molecule has 1 aliphatic rings. The van der Waals surface area contributed by atoms with Crippen molar-refractivity contribution >= 4 is 17.6 Å². The molecule has 2 N–H and O–H groups in total. The van der Waals surface area contributed by atoms with E-state index in [0.717, 1.165) is 23.8 Å². The molecule has 0 radical (unpaired) electrons. The molecule has 0 atom stereocenters. The van der Waals surface area contributed by atoms with Crippen molar-refractivity contribution in [1.82, 2.24) is 20.0 Å². The van der Waals surface area contributed by atoms with E-state index in [9.17, 15) is 4.79 Å². The number of nitrogens with zero attached hydrogens (tertiary/aromatic N) is 4. The first-order valence-corrected chi connectivity index (χ1v) is 9.57. The van der Waals surface area contributed by atoms with Gasteiger partial charge in [0.2, 0.25) is 5.91 Å². The number of amides is 1. The molecule has 0 aliphatic carbocycles. The number of carbonyl (C=O) groups is 1. The van der Waals surface area contributed by atoms with Gasteiger partial charge in [-0.15, -0.1) is 0 Å². The van der Waals surface area contributed by atoms with Crippen molar-refractivity contribution in [2.45, 2.75) is 46.3 Å². The first kappa shape index (κ1) is 19.9. The summed E-state index contributed by atoms with van der Waals surface area (Å²) in [7, 11) is 1.82. The molecule has 1 amide bonds. The summed E-state index contributed by atoms with van der Waals surface area (Å²) in [5.74, 6) is 0.798. The molecule has 7 nitrogen and oxygen atoms in total. The summed E-state index contributed by atoms with van der Waals surface area (Å²) >= 11 is 0. The summed E-state index contributed by atoms with van der Waals surface area (Å²) < 4.78 is 1.60. The van der Waals surface area contributed by atoms with Crippen LogP contribution in [0.2, 0.25) is 0 Å². The third-order valence-corrected chi connectivity index (χ3v) is 5.88. The van der Waals surface area contributed by atoms with Gasteiger partial charge in [-0.3, -0.25) is 14.5 Å². The molecule has 1 saturated heterocycles. The Morgan fingerprint density at radius 2 is 2.04 bits per heavy atom. The van der Waals surface area contributed by atoms with Crippen LogP contribution in [-0.2, 0) is 17.9 Å². The average molecular weight is 383 g/mol. The fourth-order valence-electron chi connectivity index (χ4n) is 3.38. The molecule has 7 heteroatoms. The molecule has 150 valence electrons. The molecule has 0 bridgehead atoms. The van der Waals surface area contributed by atoms with Crippen molar-refractivity contribution in [2.75, 3.05) is 18.9 Å². The lowest BCUT2D eigenvalue weighted by atomic mass is 9.65. The first-order valence-electron chi connectivity index (χ1n) is 9.57. The van der Waals surface area contributed by atoms with Gasteiger partial charge in [-0.05, 0) is 37.6 Å². The maximum Gasteiger partial charge on any atom is 0.246 e. The zero-order chi connectivity index (χ0) is 20.4. The van der Waals surface area contributed by atoms with E-state index in [1.165, 1.54) is 0 Å². The normalized spacial score (nSPS) is 17.8. The van der Waals surface area contributed by atoms with Crippen molar-refractivity contribution in [2.24, 2.45) is 10.4 Å². The quantitative estimate of drug-likeness (QED) is 0.616. The van der Waals surface area contributed by atoms with Gasteiger partial charge in [0.1, 0.15) is 6.54 Å². The Bertz CT molecular complexity index is 854. The SMILES string of the molecule is CN=C(NCc1cccc(NC(=O)Cn2cccn2)c1)N1CC(C)(C)C1(C)C. The van der Waals surface area contributed by atoms with E-state index in [-0.39, 0.29) is 23.4 Å². The standard InChI is InChI=1S/C21H30N6O/c1-20(2)15-27(21(20,3)4)19(22-5)23-13-16-8-6-9-17(12-16)25-18(28)14-26-11-7-10-24-26/h6-12H,13-15H2,1-5H3,(H,22,23)(H,25,28). The number of aliphatic imine (C=N–C) groups is 1. The maximum absolute atomic E-state index is 12.2. The predicted molar refractivity (Wildman–Crippen MR) is 112 cm³/mol. The first-order chi connectivity index (χ1) is 13.2. The van der Waals surface area contributed by atoms with Crippen LogP contribution in [0, 0.1) is 5.41 Å². The minimum atomic E-state index is -0.103. The summed E-state index contributed by atoms with van der Waals surface area (Å²) in [5.41, 5.74) is 2.16. The Morgan fingerprint density at radius 3 is 2.64 bits per heavy atom.